The number of nitrogens with one attached hydrogen (secondary N) is 1. The average Bonchev–Trinajstić information content (AvgIpc) is 2.62. The molecule has 126 valence electrons. The number of ketones is 1. The van der Waals surface area contributed by atoms with Gasteiger partial charge in [0, 0.05) is 0 Å². The van der Waals surface area contributed by atoms with Gasteiger partial charge in [0.2, 0.25) is 5.91 Å². The van der Waals surface area contributed by atoms with Gasteiger partial charge in [0.1, 0.15) is 16.5 Å². The van der Waals surface area contributed by atoms with Crippen LogP contribution < -0.4 is 5.32 Å². The number of fused-ring (bicyclic) bond motifs is 1. The minimum Gasteiger partial charge on any atom is -0.460 e. The summed E-state index contributed by atoms with van der Waals surface area (Å²) in [5.41, 5.74) is -0.690. The van der Waals surface area contributed by atoms with Gasteiger partial charge in [-0.25, -0.2) is 0 Å². The van der Waals surface area contributed by atoms with Crippen LogP contribution in [0.2, 0.25) is 0 Å². The van der Waals surface area contributed by atoms with Crippen molar-refractivity contribution in [2.75, 3.05) is 5.32 Å². The van der Waals surface area contributed by atoms with E-state index in [-0.39, 0.29) is 5.78 Å². The van der Waals surface area contributed by atoms with Crippen molar-refractivity contribution in [3.05, 3.63) is 14.9 Å². The Balaban J connectivity index is 2.43. The lowest BCUT2D eigenvalue weighted by atomic mass is 9.72. The molecule has 0 saturated carbocycles. The van der Waals surface area contributed by atoms with Crippen LogP contribution in [-0.2, 0) is 14.3 Å². The number of hydrogen-bond acceptors (Lipinski definition) is 5. The van der Waals surface area contributed by atoms with Gasteiger partial charge in [0.05, 0.1) is 14.8 Å². The first-order valence-electron chi connectivity index (χ1n) is 7.23. The summed E-state index contributed by atoms with van der Waals surface area (Å²) in [5.74, 6) is -2.47. The molecule has 0 bridgehead atoms. The predicted octanol–water partition coefficient (Wildman–Crippen LogP) is 3.94. The minimum atomic E-state index is -1.26. The number of esters is 1. The van der Waals surface area contributed by atoms with E-state index in [1.165, 1.54) is 11.3 Å². The number of rotatable bonds is 2. The molecule has 0 aromatic carbocycles. The van der Waals surface area contributed by atoms with Crippen LogP contribution in [0.15, 0.2) is 3.79 Å². The molecular weight excluding hydrogens is 382 g/mol. The molecular formula is C16H20BrNO4S. The smallest absolute Gasteiger partial charge is 0.313 e. The Kier molecular flexibility index (Phi) is 4.50. The second-order valence-corrected chi connectivity index (χ2v) is 9.55. The number of Topliss-reactive ketones (excluding diaryl/α,β-unsaturated/α-hetero) is 1. The van der Waals surface area contributed by atoms with Gasteiger partial charge in [-0.3, -0.25) is 14.4 Å². The number of hydrogen-bond donors (Lipinski definition) is 1. The number of ether oxygens (including phenoxy) is 1. The van der Waals surface area contributed by atoms with Crippen molar-refractivity contribution in [2.45, 2.75) is 47.1 Å². The first-order valence-corrected chi connectivity index (χ1v) is 8.84. The summed E-state index contributed by atoms with van der Waals surface area (Å²) < 4.78 is 6.20. The molecule has 1 atom stereocenters. The number of carbonyl (C=O) groups excluding carboxylic acids is 3. The van der Waals surface area contributed by atoms with Gasteiger partial charge in [-0.05, 0) is 63.0 Å². The SMILES string of the molecule is Cc1c(Br)sc2c1C(=O)C(C(C)(C)C(=O)OC(C)(C)C)C(=O)N2. The molecule has 1 aromatic rings. The fraction of sp³-hybridized carbons (Fsp3) is 0.562. The number of carbonyl (C=O) groups is 3. The average molecular weight is 402 g/mol. The lowest BCUT2D eigenvalue weighted by Crippen LogP contribution is -2.49. The van der Waals surface area contributed by atoms with Crippen LogP contribution >= 0.6 is 27.3 Å². The van der Waals surface area contributed by atoms with Crippen LogP contribution in [0.25, 0.3) is 0 Å². The van der Waals surface area contributed by atoms with Crippen molar-refractivity contribution >= 4 is 49.9 Å². The summed E-state index contributed by atoms with van der Waals surface area (Å²) in [6.45, 7) is 10.2. The van der Waals surface area contributed by atoms with Crippen molar-refractivity contribution in [3.63, 3.8) is 0 Å². The highest BCUT2D eigenvalue weighted by Crippen LogP contribution is 2.44. The Morgan fingerprint density at radius 1 is 1.22 bits per heavy atom. The zero-order chi connectivity index (χ0) is 17.7. The maximum atomic E-state index is 12.9. The van der Waals surface area contributed by atoms with Crippen molar-refractivity contribution < 1.29 is 19.1 Å². The van der Waals surface area contributed by atoms with Gasteiger partial charge in [-0.2, -0.15) is 0 Å². The second-order valence-electron chi connectivity index (χ2n) is 7.21. The molecule has 0 fully saturated rings. The van der Waals surface area contributed by atoms with E-state index in [0.29, 0.717) is 10.6 Å². The Hall–Kier alpha value is -1.21. The molecule has 2 heterocycles. The van der Waals surface area contributed by atoms with E-state index in [2.05, 4.69) is 21.2 Å². The third kappa shape index (κ3) is 3.21. The molecule has 1 amide bonds. The molecule has 1 N–H and O–H groups in total. The molecule has 5 nitrogen and oxygen atoms in total. The summed E-state index contributed by atoms with van der Waals surface area (Å²) in [7, 11) is 0. The highest BCUT2D eigenvalue weighted by molar-refractivity contribution is 9.11. The third-order valence-electron chi connectivity index (χ3n) is 3.74. The second kappa shape index (κ2) is 5.70. The van der Waals surface area contributed by atoms with Crippen LogP contribution in [0.3, 0.4) is 0 Å². The number of halogens is 1. The minimum absolute atomic E-state index is 0.334. The quantitative estimate of drug-likeness (QED) is 0.601. The van der Waals surface area contributed by atoms with Gasteiger partial charge >= 0.3 is 5.97 Å². The van der Waals surface area contributed by atoms with Crippen molar-refractivity contribution in [3.8, 4) is 0 Å². The molecule has 0 saturated heterocycles. The highest BCUT2D eigenvalue weighted by atomic mass is 79.9. The monoisotopic (exact) mass is 401 g/mol. The van der Waals surface area contributed by atoms with Gasteiger partial charge in [0.25, 0.3) is 0 Å². The number of anilines is 1. The Bertz CT molecular complexity index is 700. The lowest BCUT2D eigenvalue weighted by molar-refractivity contribution is -0.169. The largest absolute Gasteiger partial charge is 0.460 e. The van der Waals surface area contributed by atoms with Crippen LogP contribution in [0.1, 0.15) is 50.5 Å². The Morgan fingerprint density at radius 2 is 1.78 bits per heavy atom. The van der Waals surface area contributed by atoms with E-state index in [0.717, 1.165) is 9.35 Å². The zero-order valence-electron chi connectivity index (χ0n) is 14.0. The number of thiophene rings is 1. The summed E-state index contributed by atoms with van der Waals surface area (Å²) in [4.78, 5) is 37.9. The molecule has 0 radical (unpaired) electrons. The maximum Gasteiger partial charge on any atom is 0.313 e. The number of amides is 1. The fourth-order valence-electron chi connectivity index (χ4n) is 2.50. The van der Waals surface area contributed by atoms with E-state index >= 15 is 0 Å². The van der Waals surface area contributed by atoms with Crippen LogP contribution in [0, 0.1) is 18.3 Å². The van der Waals surface area contributed by atoms with E-state index < -0.39 is 28.8 Å². The molecule has 1 aromatic heterocycles. The molecule has 1 unspecified atom stereocenters. The Labute approximate surface area is 147 Å². The Morgan fingerprint density at radius 3 is 2.30 bits per heavy atom. The standard InChI is InChI=1S/C16H20BrNO4S/c1-7-8-10(19)9(12(20)18-13(8)23-11(7)17)16(5,6)14(21)22-15(2,3)4/h9H,1-6H3,(H,18,20). The highest BCUT2D eigenvalue weighted by Gasteiger charge is 2.51. The normalized spacial score (nSPS) is 18.5. The third-order valence-corrected chi connectivity index (χ3v) is 5.82. The molecule has 1 aliphatic rings. The summed E-state index contributed by atoms with van der Waals surface area (Å²) in [5, 5.41) is 3.28. The van der Waals surface area contributed by atoms with Crippen molar-refractivity contribution in [2.24, 2.45) is 11.3 Å². The topological polar surface area (TPSA) is 72.5 Å². The van der Waals surface area contributed by atoms with E-state index in [9.17, 15) is 14.4 Å². The van der Waals surface area contributed by atoms with Crippen LogP contribution in [-0.4, -0.2) is 23.3 Å². The first-order chi connectivity index (χ1) is 10.4. The fourth-order valence-corrected chi connectivity index (χ4v) is 4.13. The predicted molar refractivity (Wildman–Crippen MR) is 92.8 cm³/mol. The summed E-state index contributed by atoms with van der Waals surface area (Å²) in [6.07, 6.45) is 0. The molecule has 7 heteroatoms. The first kappa shape index (κ1) is 18.1. The molecule has 1 aliphatic heterocycles. The van der Waals surface area contributed by atoms with Gasteiger partial charge in [0.15, 0.2) is 5.78 Å². The van der Waals surface area contributed by atoms with Crippen LogP contribution in [0.4, 0.5) is 5.00 Å². The van der Waals surface area contributed by atoms with E-state index in [1.807, 2.05) is 6.92 Å². The molecule has 0 spiro atoms. The molecule has 2 rings (SSSR count). The van der Waals surface area contributed by atoms with E-state index in [1.54, 1.807) is 34.6 Å². The summed E-state index contributed by atoms with van der Waals surface area (Å²) in [6, 6.07) is 0. The zero-order valence-corrected chi connectivity index (χ0v) is 16.4. The van der Waals surface area contributed by atoms with Crippen molar-refractivity contribution in [1.29, 1.82) is 0 Å². The lowest BCUT2D eigenvalue weighted by Gasteiger charge is -2.35. The molecule has 23 heavy (non-hydrogen) atoms. The van der Waals surface area contributed by atoms with Crippen molar-refractivity contribution in [1.82, 2.24) is 0 Å². The van der Waals surface area contributed by atoms with Gasteiger partial charge < -0.3 is 10.1 Å². The van der Waals surface area contributed by atoms with Gasteiger partial charge in [-0.15, -0.1) is 11.3 Å². The van der Waals surface area contributed by atoms with Crippen LogP contribution in [0.5, 0.6) is 0 Å². The summed E-state index contributed by atoms with van der Waals surface area (Å²) >= 11 is 4.69. The van der Waals surface area contributed by atoms with E-state index in [4.69, 9.17) is 4.74 Å². The van der Waals surface area contributed by atoms with Gasteiger partial charge in [-0.1, -0.05) is 0 Å². The molecule has 0 aliphatic carbocycles. The maximum absolute atomic E-state index is 12.9.